The summed E-state index contributed by atoms with van der Waals surface area (Å²) in [5.41, 5.74) is -0.475. The molecule has 0 bridgehead atoms. The Labute approximate surface area is 116 Å². The molecule has 7 heteroatoms. The third kappa shape index (κ3) is 3.49. The maximum atomic E-state index is 13.4. The molecule has 1 N–H and O–H groups in total. The molecular weight excluding hydrogens is 268 g/mol. The highest BCUT2D eigenvalue weighted by Crippen LogP contribution is 2.09. The minimum atomic E-state index is -1.35. The molecular formula is C13H17F2N3O2. The second-order valence-electron chi connectivity index (χ2n) is 4.17. The first kappa shape index (κ1) is 16.0. The summed E-state index contributed by atoms with van der Waals surface area (Å²) in [5.74, 6) is -3.80. The summed E-state index contributed by atoms with van der Waals surface area (Å²) >= 11 is 0. The van der Waals surface area contributed by atoms with Crippen molar-refractivity contribution in [3.63, 3.8) is 0 Å². The van der Waals surface area contributed by atoms with Crippen LogP contribution in [0.1, 0.15) is 31.1 Å². The topological polar surface area (TPSA) is 62.3 Å². The second kappa shape index (κ2) is 6.93. The average molecular weight is 285 g/mol. The zero-order chi connectivity index (χ0) is 15.3. The number of nitrogens with one attached hydrogen (secondary N) is 1. The van der Waals surface area contributed by atoms with Crippen molar-refractivity contribution in [1.29, 1.82) is 0 Å². The lowest BCUT2D eigenvalue weighted by Crippen LogP contribution is -2.47. The molecule has 1 aromatic rings. The van der Waals surface area contributed by atoms with E-state index in [9.17, 15) is 18.4 Å². The van der Waals surface area contributed by atoms with Gasteiger partial charge in [-0.15, -0.1) is 0 Å². The van der Waals surface area contributed by atoms with E-state index in [4.69, 9.17) is 0 Å². The molecule has 0 spiro atoms. The minimum absolute atomic E-state index is 0.279. The van der Waals surface area contributed by atoms with Crippen molar-refractivity contribution in [1.82, 2.24) is 15.2 Å². The highest BCUT2D eigenvalue weighted by Gasteiger charge is 2.23. The van der Waals surface area contributed by atoms with E-state index in [1.807, 2.05) is 13.8 Å². The Hall–Kier alpha value is -2.05. The van der Waals surface area contributed by atoms with E-state index < -0.39 is 29.3 Å². The summed E-state index contributed by atoms with van der Waals surface area (Å²) in [6.45, 7) is 6.14. The predicted molar refractivity (Wildman–Crippen MR) is 69.0 cm³/mol. The minimum Gasteiger partial charge on any atom is -0.341 e. The van der Waals surface area contributed by atoms with E-state index in [0.29, 0.717) is 13.1 Å². The molecule has 0 saturated carbocycles. The normalized spacial score (nSPS) is 11.8. The third-order valence-corrected chi connectivity index (χ3v) is 2.88. The number of likely N-dealkylation sites (N-methyl/N-ethyl adjacent to an activating group) is 1. The monoisotopic (exact) mass is 285 g/mol. The van der Waals surface area contributed by atoms with E-state index in [0.717, 1.165) is 12.3 Å². The zero-order valence-electron chi connectivity index (χ0n) is 11.6. The summed E-state index contributed by atoms with van der Waals surface area (Å²) in [7, 11) is 0. The predicted octanol–water partition coefficient (Wildman–Crippen LogP) is 1.35. The van der Waals surface area contributed by atoms with Gasteiger partial charge >= 0.3 is 0 Å². The molecule has 0 aliphatic rings. The van der Waals surface area contributed by atoms with E-state index in [1.165, 1.54) is 11.8 Å². The molecule has 0 fully saturated rings. The van der Waals surface area contributed by atoms with E-state index in [1.54, 1.807) is 0 Å². The average Bonchev–Trinajstić information content (AvgIpc) is 2.42. The molecule has 0 aliphatic heterocycles. The van der Waals surface area contributed by atoms with Gasteiger partial charge in [0.05, 0.1) is 5.56 Å². The lowest BCUT2D eigenvalue weighted by atomic mass is 10.2. The van der Waals surface area contributed by atoms with Crippen molar-refractivity contribution in [3.8, 4) is 0 Å². The van der Waals surface area contributed by atoms with Crippen LogP contribution >= 0.6 is 0 Å². The van der Waals surface area contributed by atoms with Crippen LogP contribution in [-0.2, 0) is 4.79 Å². The summed E-state index contributed by atoms with van der Waals surface area (Å²) < 4.78 is 26.3. The van der Waals surface area contributed by atoms with Gasteiger partial charge in [0.2, 0.25) is 11.9 Å². The molecule has 1 unspecified atom stereocenters. The molecule has 110 valence electrons. The fourth-order valence-corrected chi connectivity index (χ4v) is 1.74. The maximum Gasteiger partial charge on any atom is 0.255 e. The van der Waals surface area contributed by atoms with Gasteiger partial charge < -0.3 is 10.2 Å². The molecule has 1 rings (SSSR count). The van der Waals surface area contributed by atoms with Crippen LogP contribution in [0.3, 0.4) is 0 Å². The fraction of sp³-hybridized carbons (Fsp3) is 0.462. The number of carbonyl (C=O) groups excluding carboxylic acids is 2. The number of rotatable bonds is 5. The SMILES string of the molecule is CCN(CC)C(=O)C(C)NC(=O)c1ccnc(F)c1F. The van der Waals surface area contributed by atoms with Crippen LogP contribution in [0.4, 0.5) is 8.78 Å². The molecule has 0 saturated heterocycles. The van der Waals surface area contributed by atoms with Crippen molar-refractivity contribution in [2.45, 2.75) is 26.8 Å². The Morgan fingerprint density at radius 3 is 2.50 bits per heavy atom. The first-order chi connectivity index (χ1) is 9.42. The molecule has 1 aromatic heterocycles. The Morgan fingerprint density at radius 1 is 1.35 bits per heavy atom. The Bertz CT molecular complexity index is 504. The van der Waals surface area contributed by atoms with Gasteiger partial charge in [0.15, 0.2) is 5.82 Å². The maximum absolute atomic E-state index is 13.4. The van der Waals surface area contributed by atoms with Crippen LogP contribution in [0.25, 0.3) is 0 Å². The molecule has 2 amide bonds. The summed E-state index contributed by atoms with van der Waals surface area (Å²) in [4.78, 5) is 28.4. The van der Waals surface area contributed by atoms with E-state index >= 15 is 0 Å². The highest BCUT2D eigenvalue weighted by molar-refractivity contribution is 5.97. The molecule has 0 aliphatic carbocycles. The van der Waals surface area contributed by atoms with E-state index in [2.05, 4.69) is 10.3 Å². The molecule has 1 heterocycles. The smallest absolute Gasteiger partial charge is 0.255 e. The second-order valence-corrected chi connectivity index (χ2v) is 4.17. The van der Waals surface area contributed by atoms with E-state index in [-0.39, 0.29) is 5.91 Å². The van der Waals surface area contributed by atoms with Crippen molar-refractivity contribution in [2.24, 2.45) is 0 Å². The van der Waals surface area contributed by atoms with Gasteiger partial charge in [-0.2, -0.15) is 4.39 Å². The van der Waals surface area contributed by atoms with Gasteiger partial charge in [-0.05, 0) is 26.8 Å². The summed E-state index contributed by atoms with van der Waals surface area (Å²) in [6.07, 6.45) is 0.990. The molecule has 0 aromatic carbocycles. The zero-order valence-corrected chi connectivity index (χ0v) is 11.6. The van der Waals surface area contributed by atoms with Gasteiger partial charge in [0.1, 0.15) is 6.04 Å². The Kier molecular flexibility index (Phi) is 5.54. The summed E-state index contributed by atoms with van der Waals surface area (Å²) in [5, 5.41) is 2.35. The number of hydrogen-bond acceptors (Lipinski definition) is 3. The molecule has 5 nitrogen and oxygen atoms in total. The standard InChI is InChI=1S/C13H17F2N3O2/c1-4-18(5-2)13(20)8(3)17-12(19)9-6-7-16-11(15)10(9)14/h6-8H,4-5H2,1-3H3,(H,17,19). The largest absolute Gasteiger partial charge is 0.341 e. The number of aromatic nitrogens is 1. The van der Waals surface area contributed by atoms with Gasteiger partial charge in [0.25, 0.3) is 5.91 Å². The van der Waals surface area contributed by atoms with Crippen LogP contribution in [-0.4, -0.2) is 40.8 Å². The number of halogens is 2. The number of carbonyl (C=O) groups is 2. The molecule has 20 heavy (non-hydrogen) atoms. The number of hydrogen-bond donors (Lipinski definition) is 1. The van der Waals surface area contributed by atoms with Crippen molar-refractivity contribution in [2.75, 3.05) is 13.1 Å². The quantitative estimate of drug-likeness (QED) is 0.831. The highest BCUT2D eigenvalue weighted by atomic mass is 19.2. The molecule has 0 radical (unpaired) electrons. The lowest BCUT2D eigenvalue weighted by molar-refractivity contribution is -0.132. The Balaban J connectivity index is 2.80. The first-order valence-corrected chi connectivity index (χ1v) is 6.32. The van der Waals surface area contributed by atoms with Crippen LogP contribution in [0.5, 0.6) is 0 Å². The lowest BCUT2D eigenvalue weighted by Gasteiger charge is -2.23. The fourth-order valence-electron chi connectivity index (χ4n) is 1.74. The van der Waals surface area contributed by atoms with Gasteiger partial charge in [-0.25, -0.2) is 9.37 Å². The number of amides is 2. The molecule has 1 atom stereocenters. The number of nitrogens with zero attached hydrogens (tertiary/aromatic N) is 2. The van der Waals surface area contributed by atoms with Gasteiger partial charge in [-0.1, -0.05) is 0 Å². The van der Waals surface area contributed by atoms with Crippen molar-refractivity contribution < 1.29 is 18.4 Å². The van der Waals surface area contributed by atoms with Crippen LogP contribution < -0.4 is 5.32 Å². The van der Waals surface area contributed by atoms with Crippen LogP contribution in [0, 0.1) is 11.8 Å². The Morgan fingerprint density at radius 2 is 1.95 bits per heavy atom. The van der Waals surface area contributed by atoms with Crippen LogP contribution in [0.15, 0.2) is 12.3 Å². The van der Waals surface area contributed by atoms with Crippen molar-refractivity contribution >= 4 is 11.8 Å². The van der Waals surface area contributed by atoms with Crippen molar-refractivity contribution in [3.05, 3.63) is 29.6 Å². The van der Waals surface area contributed by atoms with Gasteiger partial charge in [-0.3, -0.25) is 9.59 Å². The number of pyridine rings is 1. The summed E-state index contributed by atoms with van der Waals surface area (Å²) in [6, 6.07) is 0.237. The first-order valence-electron chi connectivity index (χ1n) is 6.32. The third-order valence-electron chi connectivity index (χ3n) is 2.88. The van der Waals surface area contributed by atoms with Crippen LogP contribution in [0.2, 0.25) is 0 Å². The van der Waals surface area contributed by atoms with Gasteiger partial charge in [0, 0.05) is 19.3 Å².